The maximum Gasteiger partial charge on any atom is 0.185 e. The van der Waals surface area contributed by atoms with Crippen LogP contribution in [0.5, 0.6) is 11.5 Å². The van der Waals surface area contributed by atoms with Gasteiger partial charge in [0.05, 0.1) is 6.61 Å². The van der Waals surface area contributed by atoms with E-state index in [0.717, 1.165) is 28.6 Å². The molecule has 3 nitrogen and oxygen atoms in total. The van der Waals surface area contributed by atoms with Crippen molar-refractivity contribution in [3.05, 3.63) is 65.7 Å². The standard InChI is InChI=1S/C20H20O3S/c1-2-22-17-10-6-16(7-11-17)20(21)12-5-15-3-8-18(9-4-15)23-19-13-24-14-19/h3-12,19H,2,13-14H2,1H3. The van der Waals surface area contributed by atoms with Crippen molar-refractivity contribution in [1.82, 2.24) is 0 Å². The molecule has 0 atom stereocenters. The Bertz CT molecular complexity index is 701. The number of allylic oxidation sites excluding steroid dienone is 1. The number of ether oxygens (including phenoxy) is 2. The molecule has 1 heterocycles. The van der Waals surface area contributed by atoms with Crippen LogP contribution in [-0.2, 0) is 0 Å². The summed E-state index contributed by atoms with van der Waals surface area (Å²) < 4.78 is 11.2. The maximum atomic E-state index is 12.2. The van der Waals surface area contributed by atoms with Crippen molar-refractivity contribution in [3.63, 3.8) is 0 Å². The van der Waals surface area contributed by atoms with Crippen molar-refractivity contribution in [3.8, 4) is 11.5 Å². The quantitative estimate of drug-likeness (QED) is 0.550. The molecule has 1 aliphatic heterocycles. The Labute approximate surface area is 146 Å². The third-order valence-corrected chi connectivity index (χ3v) is 4.88. The van der Waals surface area contributed by atoms with E-state index in [9.17, 15) is 4.79 Å². The predicted octanol–water partition coefficient (Wildman–Crippen LogP) is 4.48. The third kappa shape index (κ3) is 4.42. The number of thioether (sulfide) groups is 1. The number of ketones is 1. The number of carbonyl (C=O) groups is 1. The number of benzene rings is 2. The molecule has 0 spiro atoms. The highest BCUT2D eigenvalue weighted by molar-refractivity contribution is 8.00. The summed E-state index contributed by atoms with van der Waals surface area (Å²) in [5.74, 6) is 3.77. The number of hydrogen-bond acceptors (Lipinski definition) is 4. The van der Waals surface area contributed by atoms with Crippen molar-refractivity contribution >= 4 is 23.6 Å². The maximum absolute atomic E-state index is 12.2. The van der Waals surface area contributed by atoms with Crippen LogP contribution in [0.2, 0.25) is 0 Å². The van der Waals surface area contributed by atoms with Gasteiger partial charge in [-0.15, -0.1) is 0 Å². The van der Waals surface area contributed by atoms with Crippen molar-refractivity contribution < 1.29 is 14.3 Å². The van der Waals surface area contributed by atoms with Crippen LogP contribution in [0.15, 0.2) is 54.6 Å². The normalized spacial score (nSPS) is 14.4. The summed E-state index contributed by atoms with van der Waals surface area (Å²) in [6.07, 6.45) is 3.76. The molecule has 0 saturated carbocycles. The molecular formula is C20H20O3S. The Morgan fingerprint density at radius 2 is 1.75 bits per heavy atom. The molecule has 1 aliphatic rings. The van der Waals surface area contributed by atoms with Crippen LogP contribution in [0.3, 0.4) is 0 Å². The van der Waals surface area contributed by atoms with Gasteiger partial charge in [-0.3, -0.25) is 4.79 Å². The highest BCUT2D eigenvalue weighted by atomic mass is 32.2. The molecule has 2 aromatic rings. The van der Waals surface area contributed by atoms with Crippen LogP contribution in [0.4, 0.5) is 0 Å². The Morgan fingerprint density at radius 1 is 1.08 bits per heavy atom. The Kier molecular flexibility index (Phi) is 5.59. The largest absolute Gasteiger partial charge is 0.494 e. The first-order valence-corrected chi connectivity index (χ1v) is 9.20. The first-order valence-electron chi connectivity index (χ1n) is 8.04. The Balaban J connectivity index is 1.58. The molecule has 2 aromatic carbocycles. The zero-order valence-corrected chi connectivity index (χ0v) is 14.4. The Morgan fingerprint density at radius 3 is 2.33 bits per heavy atom. The molecule has 4 heteroatoms. The van der Waals surface area contributed by atoms with Gasteiger partial charge < -0.3 is 9.47 Å². The zero-order chi connectivity index (χ0) is 16.8. The molecule has 1 saturated heterocycles. The summed E-state index contributed by atoms with van der Waals surface area (Å²) in [6.45, 7) is 2.55. The van der Waals surface area contributed by atoms with Crippen LogP contribution >= 0.6 is 11.8 Å². The average Bonchev–Trinajstić information content (AvgIpc) is 2.58. The molecule has 0 bridgehead atoms. The van der Waals surface area contributed by atoms with Gasteiger partial charge in [-0.25, -0.2) is 0 Å². The first kappa shape index (κ1) is 16.7. The highest BCUT2D eigenvalue weighted by Crippen LogP contribution is 2.24. The minimum Gasteiger partial charge on any atom is -0.494 e. The summed E-state index contributed by atoms with van der Waals surface area (Å²) in [6, 6.07) is 15.0. The van der Waals surface area contributed by atoms with E-state index in [4.69, 9.17) is 9.47 Å². The highest BCUT2D eigenvalue weighted by Gasteiger charge is 2.19. The molecule has 0 unspecified atom stereocenters. The van der Waals surface area contributed by atoms with Crippen molar-refractivity contribution in [2.45, 2.75) is 13.0 Å². The lowest BCUT2D eigenvalue weighted by Gasteiger charge is -2.25. The third-order valence-electron chi connectivity index (χ3n) is 3.67. The monoisotopic (exact) mass is 340 g/mol. The first-order chi connectivity index (χ1) is 11.7. The van der Waals surface area contributed by atoms with Crippen molar-refractivity contribution in [2.24, 2.45) is 0 Å². The second kappa shape index (κ2) is 8.06. The summed E-state index contributed by atoms with van der Waals surface area (Å²) >= 11 is 1.90. The minimum atomic E-state index is -0.0233. The summed E-state index contributed by atoms with van der Waals surface area (Å²) in [7, 11) is 0. The second-order valence-electron chi connectivity index (χ2n) is 5.50. The summed E-state index contributed by atoms with van der Waals surface area (Å²) in [5.41, 5.74) is 1.63. The average molecular weight is 340 g/mol. The van der Waals surface area contributed by atoms with E-state index in [-0.39, 0.29) is 5.78 Å². The van der Waals surface area contributed by atoms with Gasteiger partial charge in [-0.2, -0.15) is 11.8 Å². The van der Waals surface area contributed by atoms with E-state index in [1.807, 2.05) is 61.2 Å². The van der Waals surface area contributed by atoms with E-state index in [1.54, 1.807) is 18.2 Å². The predicted molar refractivity (Wildman–Crippen MR) is 99.2 cm³/mol. The molecular weight excluding hydrogens is 320 g/mol. The molecule has 0 aromatic heterocycles. The molecule has 3 rings (SSSR count). The smallest absolute Gasteiger partial charge is 0.185 e. The topological polar surface area (TPSA) is 35.5 Å². The fourth-order valence-corrected chi connectivity index (χ4v) is 2.85. The van der Waals surface area contributed by atoms with Gasteiger partial charge in [-0.1, -0.05) is 18.2 Å². The van der Waals surface area contributed by atoms with Gasteiger partial charge in [0.15, 0.2) is 5.78 Å². The molecule has 24 heavy (non-hydrogen) atoms. The SMILES string of the molecule is CCOc1ccc(C(=O)C=Cc2ccc(OC3CSC3)cc2)cc1. The lowest BCUT2D eigenvalue weighted by Crippen LogP contribution is -2.30. The molecule has 0 N–H and O–H groups in total. The fourth-order valence-electron chi connectivity index (χ4n) is 2.28. The van der Waals surface area contributed by atoms with E-state index in [1.165, 1.54) is 0 Å². The van der Waals surface area contributed by atoms with Crippen LogP contribution < -0.4 is 9.47 Å². The summed E-state index contributed by atoms with van der Waals surface area (Å²) in [5, 5.41) is 0. The molecule has 124 valence electrons. The van der Waals surface area contributed by atoms with Crippen LogP contribution in [0, 0.1) is 0 Å². The number of rotatable bonds is 7. The molecule has 0 amide bonds. The lowest BCUT2D eigenvalue weighted by atomic mass is 10.1. The zero-order valence-electron chi connectivity index (χ0n) is 13.6. The van der Waals surface area contributed by atoms with E-state index < -0.39 is 0 Å². The molecule has 0 radical (unpaired) electrons. The van der Waals surface area contributed by atoms with E-state index in [0.29, 0.717) is 18.3 Å². The minimum absolute atomic E-state index is 0.0233. The molecule has 0 aliphatic carbocycles. The van der Waals surface area contributed by atoms with E-state index >= 15 is 0 Å². The van der Waals surface area contributed by atoms with Crippen LogP contribution in [0.1, 0.15) is 22.8 Å². The van der Waals surface area contributed by atoms with Crippen LogP contribution in [0.25, 0.3) is 6.08 Å². The Hall–Kier alpha value is -2.20. The van der Waals surface area contributed by atoms with Gasteiger partial charge in [0, 0.05) is 17.1 Å². The van der Waals surface area contributed by atoms with Gasteiger partial charge in [0.2, 0.25) is 0 Å². The van der Waals surface area contributed by atoms with Crippen molar-refractivity contribution in [1.29, 1.82) is 0 Å². The summed E-state index contributed by atoms with van der Waals surface area (Å²) in [4.78, 5) is 12.2. The number of hydrogen-bond donors (Lipinski definition) is 0. The fraction of sp³-hybridized carbons (Fsp3) is 0.250. The van der Waals surface area contributed by atoms with Gasteiger partial charge in [-0.05, 0) is 55.0 Å². The van der Waals surface area contributed by atoms with Crippen molar-refractivity contribution in [2.75, 3.05) is 18.1 Å². The van der Waals surface area contributed by atoms with Gasteiger partial charge in [0.1, 0.15) is 17.6 Å². The van der Waals surface area contributed by atoms with E-state index in [2.05, 4.69) is 0 Å². The number of carbonyl (C=O) groups excluding carboxylic acids is 1. The molecule has 1 fully saturated rings. The second-order valence-corrected chi connectivity index (χ2v) is 6.58. The van der Waals surface area contributed by atoms with Gasteiger partial charge in [0.25, 0.3) is 0 Å². The van der Waals surface area contributed by atoms with Gasteiger partial charge >= 0.3 is 0 Å². The van der Waals surface area contributed by atoms with Crippen LogP contribution in [-0.4, -0.2) is 30.0 Å². The lowest BCUT2D eigenvalue weighted by molar-refractivity contribution is 0.104.